The molecule has 1 aromatic carbocycles. The first-order valence-corrected chi connectivity index (χ1v) is 13.1. The standard InChI is InChI=1S/C27H35F2N3O2/c1-26(34)9-7-16-15(13-26)3-4-18-17(16)8-10-27(2)19(18)5-6-20(27)25(33)14-32-24-12-22(29)21(28)11-23(24)30-31-32/h11-12,15-20,34H,3-10,13-14H2,1-2H3. The van der Waals surface area contributed by atoms with Gasteiger partial charge in [-0.2, -0.15) is 0 Å². The summed E-state index contributed by atoms with van der Waals surface area (Å²) >= 11 is 0. The van der Waals surface area contributed by atoms with E-state index in [0.29, 0.717) is 23.3 Å². The van der Waals surface area contributed by atoms with E-state index in [-0.39, 0.29) is 29.2 Å². The third kappa shape index (κ3) is 3.44. The number of aliphatic hydroxyl groups is 1. The molecular formula is C27H35F2N3O2. The van der Waals surface area contributed by atoms with Crippen LogP contribution in [0.4, 0.5) is 8.78 Å². The van der Waals surface area contributed by atoms with E-state index >= 15 is 0 Å². The van der Waals surface area contributed by atoms with E-state index in [1.54, 1.807) is 0 Å². The van der Waals surface area contributed by atoms with E-state index in [1.807, 2.05) is 6.92 Å². The van der Waals surface area contributed by atoms with Crippen molar-refractivity contribution in [2.45, 2.75) is 83.8 Å². The van der Waals surface area contributed by atoms with Crippen molar-refractivity contribution in [3.63, 3.8) is 0 Å². The predicted octanol–water partition coefficient (Wildman–Crippen LogP) is 5.30. The summed E-state index contributed by atoms with van der Waals surface area (Å²) in [4.78, 5) is 13.5. The summed E-state index contributed by atoms with van der Waals surface area (Å²) in [5, 5.41) is 18.6. The largest absolute Gasteiger partial charge is 0.390 e. The summed E-state index contributed by atoms with van der Waals surface area (Å²) in [5.74, 6) is 1.59. The highest BCUT2D eigenvalue weighted by atomic mass is 19.2. The van der Waals surface area contributed by atoms with Gasteiger partial charge in [-0.25, -0.2) is 13.5 Å². The van der Waals surface area contributed by atoms with Gasteiger partial charge in [0.1, 0.15) is 12.1 Å². The number of aromatic nitrogens is 3. The first kappa shape index (κ1) is 22.6. The molecule has 0 spiro atoms. The Bertz CT molecular complexity index is 1130. The fourth-order valence-corrected chi connectivity index (χ4v) is 8.95. The Hall–Kier alpha value is -1.89. The zero-order chi connectivity index (χ0) is 23.8. The molecule has 4 fully saturated rings. The molecule has 4 aliphatic carbocycles. The monoisotopic (exact) mass is 471 g/mol. The molecular weight excluding hydrogens is 436 g/mol. The molecule has 1 N–H and O–H groups in total. The Morgan fingerprint density at radius 1 is 1.03 bits per heavy atom. The maximum absolute atomic E-state index is 13.8. The topological polar surface area (TPSA) is 68.0 Å². The van der Waals surface area contributed by atoms with Crippen LogP contribution in [0.2, 0.25) is 0 Å². The number of carbonyl (C=O) groups excluding carboxylic acids is 1. The fraction of sp³-hybridized carbons (Fsp3) is 0.741. The zero-order valence-corrected chi connectivity index (χ0v) is 20.1. The lowest BCUT2D eigenvalue weighted by molar-refractivity contribution is -0.133. The van der Waals surface area contributed by atoms with E-state index in [0.717, 1.165) is 62.5 Å². The number of hydrogen-bond donors (Lipinski definition) is 1. The van der Waals surface area contributed by atoms with Gasteiger partial charge in [0, 0.05) is 18.1 Å². The molecule has 2 aromatic rings. The SMILES string of the molecule is CC1(O)CCC2C(CCC3C2CCC2(C)C(C(=O)Cn4nnc5cc(F)c(F)cc54)CCC32)C1. The van der Waals surface area contributed by atoms with Crippen LogP contribution in [0.5, 0.6) is 0 Å². The second-order valence-electron chi connectivity index (χ2n) is 12.3. The van der Waals surface area contributed by atoms with Gasteiger partial charge in [0.05, 0.1) is 11.1 Å². The molecule has 184 valence electrons. The molecule has 7 heteroatoms. The lowest BCUT2D eigenvalue weighted by atomic mass is 9.49. The highest BCUT2D eigenvalue weighted by Crippen LogP contribution is 2.64. The van der Waals surface area contributed by atoms with Gasteiger partial charge in [-0.1, -0.05) is 12.1 Å². The summed E-state index contributed by atoms with van der Waals surface area (Å²) in [7, 11) is 0. The quantitative estimate of drug-likeness (QED) is 0.660. The average Bonchev–Trinajstić information content (AvgIpc) is 3.33. The van der Waals surface area contributed by atoms with Crippen molar-refractivity contribution < 1.29 is 18.7 Å². The molecule has 0 amide bonds. The van der Waals surface area contributed by atoms with E-state index in [1.165, 1.54) is 23.9 Å². The third-order valence-electron chi connectivity index (χ3n) is 10.5. The number of hydrogen-bond acceptors (Lipinski definition) is 4. The number of halogens is 2. The number of rotatable bonds is 3. The maximum atomic E-state index is 13.8. The second-order valence-corrected chi connectivity index (χ2v) is 12.3. The molecule has 0 bridgehead atoms. The number of fused-ring (bicyclic) bond motifs is 6. The summed E-state index contributed by atoms with van der Waals surface area (Å²) in [5.41, 5.74) is 0.134. The normalized spacial score (nSPS) is 41.7. The van der Waals surface area contributed by atoms with Gasteiger partial charge in [-0.05, 0) is 99.7 Å². The van der Waals surface area contributed by atoms with Crippen molar-refractivity contribution in [3.05, 3.63) is 23.8 Å². The highest BCUT2D eigenvalue weighted by Gasteiger charge is 2.58. The molecule has 4 saturated carbocycles. The molecule has 8 atom stereocenters. The van der Waals surface area contributed by atoms with Gasteiger partial charge in [0.25, 0.3) is 0 Å². The van der Waals surface area contributed by atoms with Gasteiger partial charge in [0.15, 0.2) is 17.4 Å². The molecule has 0 radical (unpaired) electrons. The minimum atomic E-state index is -0.954. The zero-order valence-electron chi connectivity index (χ0n) is 20.1. The second kappa shape index (κ2) is 7.81. The predicted molar refractivity (Wildman–Crippen MR) is 124 cm³/mol. The number of Topliss-reactive ketones (excluding diaryl/α,β-unsaturated/α-hetero) is 1. The van der Waals surface area contributed by atoms with Gasteiger partial charge < -0.3 is 5.11 Å². The van der Waals surface area contributed by atoms with Gasteiger partial charge in [-0.15, -0.1) is 5.10 Å². The number of benzene rings is 1. The minimum Gasteiger partial charge on any atom is -0.390 e. The van der Waals surface area contributed by atoms with E-state index < -0.39 is 17.2 Å². The van der Waals surface area contributed by atoms with Crippen molar-refractivity contribution in [1.29, 1.82) is 0 Å². The fourth-order valence-electron chi connectivity index (χ4n) is 8.95. The van der Waals surface area contributed by atoms with Crippen LogP contribution < -0.4 is 0 Å². The molecule has 1 heterocycles. The van der Waals surface area contributed by atoms with Crippen molar-refractivity contribution in [2.75, 3.05) is 0 Å². The van der Waals surface area contributed by atoms with Crippen LogP contribution in [0.3, 0.4) is 0 Å². The Labute approximate surface area is 199 Å². The first-order valence-electron chi connectivity index (χ1n) is 13.1. The summed E-state index contributed by atoms with van der Waals surface area (Å²) in [6, 6.07) is 2.12. The van der Waals surface area contributed by atoms with Crippen molar-refractivity contribution in [2.24, 2.45) is 40.9 Å². The molecule has 6 rings (SSSR count). The minimum absolute atomic E-state index is 0.00100. The number of carbonyl (C=O) groups is 1. The van der Waals surface area contributed by atoms with E-state index in [4.69, 9.17) is 0 Å². The van der Waals surface area contributed by atoms with Crippen LogP contribution in [0, 0.1) is 52.6 Å². The van der Waals surface area contributed by atoms with Gasteiger partial charge >= 0.3 is 0 Å². The van der Waals surface area contributed by atoms with Crippen LogP contribution in [0.1, 0.15) is 71.6 Å². The summed E-state index contributed by atoms with van der Waals surface area (Å²) in [6.07, 6.45) is 9.69. The lowest BCUT2D eigenvalue weighted by Crippen LogP contribution is -2.51. The Kier molecular flexibility index (Phi) is 5.18. The Morgan fingerprint density at radius 2 is 1.79 bits per heavy atom. The number of ketones is 1. The van der Waals surface area contributed by atoms with Crippen molar-refractivity contribution in [3.8, 4) is 0 Å². The van der Waals surface area contributed by atoms with Crippen LogP contribution in [0.25, 0.3) is 11.0 Å². The lowest BCUT2D eigenvalue weighted by Gasteiger charge is -2.56. The first-order chi connectivity index (χ1) is 16.2. The highest BCUT2D eigenvalue weighted by molar-refractivity contribution is 5.84. The van der Waals surface area contributed by atoms with Crippen molar-refractivity contribution >= 4 is 16.8 Å². The van der Waals surface area contributed by atoms with Crippen LogP contribution >= 0.6 is 0 Å². The summed E-state index contributed by atoms with van der Waals surface area (Å²) < 4.78 is 28.8. The van der Waals surface area contributed by atoms with Gasteiger partial charge in [0.2, 0.25) is 0 Å². The van der Waals surface area contributed by atoms with Crippen LogP contribution in [-0.4, -0.2) is 31.5 Å². The Morgan fingerprint density at radius 3 is 2.62 bits per heavy atom. The van der Waals surface area contributed by atoms with Gasteiger partial charge in [-0.3, -0.25) is 4.79 Å². The molecule has 1 aromatic heterocycles. The third-order valence-corrected chi connectivity index (χ3v) is 10.5. The van der Waals surface area contributed by atoms with Crippen LogP contribution in [-0.2, 0) is 11.3 Å². The van der Waals surface area contributed by atoms with E-state index in [9.17, 15) is 18.7 Å². The van der Waals surface area contributed by atoms with E-state index in [2.05, 4.69) is 17.2 Å². The molecule has 5 nitrogen and oxygen atoms in total. The molecule has 8 unspecified atom stereocenters. The molecule has 0 aliphatic heterocycles. The number of nitrogens with zero attached hydrogens (tertiary/aromatic N) is 3. The molecule has 34 heavy (non-hydrogen) atoms. The smallest absolute Gasteiger partial charge is 0.161 e. The average molecular weight is 472 g/mol. The molecule has 0 saturated heterocycles. The van der Waals surface area contributed by atoms with Crippen molar-refractivity contribution in [1.82, 2.24) is 15.0 Å². The maximum Gasteiger partial charge on any atom is 0.161 e. The molecule has 4 aliphatic rings. The Balaban J connectivity index is 1.20. The van der Waals surface area contributed by atoms with Crippen LogP contribution in [0.15, 0.2) is 12.1 Å². The summed E-state index contributed by atoms with van der Waals surface area (Å²) in [6.45, 7) is 4.39.